The Labute approximate surface area is 150 Å². The number of hydrogen-bond donors (Lipinski definition) is 3. The molecule has 1 atom stereocenters. The smallest absolute Gasteiger partial charge is 0.255 e. The van der Waals surface area contributed by atoms with Gasteiger partial charge >= 0.3 is 0 Å². The van der Waals surface area contributed by atoms with Crippen molar-refractivity contribution in [3.8, 4) is 17.0 Å². The number of nitrogens with one attached hydrogen (secondary N) is 3. The van der Waals surface area contributed by atoms with Crippen LogP contribution in [0.1, 0.15) is 34.7 Å². The molecule has 0 unspecified atom stereocenters. The topological polar surface area (TPSA) is 91.9 Å². The fraction of sp³-hybridized carbons (Fsp3) is 0.211. The van der Waals surface area contributed by atoms with Crippen molar-refractivity contribution in [1.29, 1.82) is 0 Å². The lowest BCUT2D eigenvalue weighted by Crippen LogP contribution is -2.39. The number of fused-ring (bicyclic) bond motifs is 1. The van der Waals surface area contributed by atoms with E-state index in [9.17, 15) is 4.79 Å². The largest absolute Gasteiger partial charge is 0.494 e. The summed E-state index contributed by atoms with van der Waals surface area (Å²) in [6, 6.07) is 13.3. The van der Waals surface area contributed by atoms with Gasteiger partial charge in [-0.1, -0.05) is 12.1 Å². The minimum absolute atomic E-state index is 0.131. The van der Waals surface area contributed by atoms with Crippen LogP contribution < -0.4 is 15.4 Å². The fourth-order valence-corrected chi connectivity index (χ4v) is 3.10. The molecule has 132 valence electrons. The standard InChI is InChI=1S/C19H19N5O2/c1-3-26-13-9-7-12(8-10-13)16-17(23-24-22-16)18-20-15-11(2)5-4-6-14(15)19(25)21-18/h4-10,18,20H,3H2,1-2H3,(H,21,25)(H,22,23,24)/t18-/m0/s1. The summed E-state index contributed by atoms with van der Waals surface area (Å²) in [5.74, 6) is 0.669. The maximum Gasteiger partial charge on any atom is 0.255 e. The Morgan fingerprint density at radius 1 is 1.08 bits per heavy atom. The Balaban J connectivity index is 1.67. The number of hydrogen-bond acceptors (Lipinski definition) is 5. The number of carbonyl (C=O) groups is 1. The van der Waals surface area contributed by atoms with E-state index in [1.807, 2.05) is 50.2 Å². The molecule has 3 aromatic rings. The number of benzene rings is 2. The Morgan fingerprint density at radius 2 is 1.88 bits per heavy atom. The van der Waals surface area contributed by atoms with Crippen LogP contribution in [0.4, 0.5) is 5.69 Å². The van der Waals surface area contributed by atoms with Gasteiger partial charge in [0.1, 0.15) is 23.3 Å². The summed E-state index contributed by atoms with van der Waals surface area (Å²) in [4.78, 5) is 12.5. The van der Waals surface area contributed by atoms with Crippen LogP contribution >= 0.6 is 0 Å². The van der Waals surface area contributed by atoms with Gasteiger partial charge in [0.2, 0.25) is 0 Å². The molecular formula is C19H19N5O2. The van der Waals surface area contributed by atoms with Crippen LogP contribution in [-0.4, -0.2) is 27.9 Å². The summed E-state index contributed by atoms with van der Waals surface area (Å²) < 4.78 is 5.48. The first-order valence-electron chi connectivity index (χ1n) is 8.48. The number of carbonyl (C=O) groups excluding carboxylic acids is 1. The highest BCUT2D eigenvalue weighted by Gasteiger charge is 2.29. The Bertz CT molecular complexity index is 949. The molecule has 0 aliphatic carbocycles. The van der Waals surface area contributed by atoms with Gasteiger partial charge in [-0.2, -0.15) is 15.4 Å². The van der Waals surface area contributed by atoms with Crippen LogP contribution in [-0.2, 0) is 0 Å². The van der Waals surface area contributed by atoms with E-state index in [0.29, 0.717) is 23.6 Å². The average molecular weight is 349 g/mol. The molecule has 0 spiro atoms. The molecular weight excluding hydrogens is 330 g/mol. The molecule has 2 aromatic carbocycles. The summed E-state index contributed by atoms with van der Waals surface area (Å²) in [5, 5.41) is 17.5. The zero-order valence-corrected chi connectivity index (χ0v) is 14.5. The van der Waals surface area contributed by atoms with Crippen LogP contribution in [0.3, 0.4) is 0 Å². The van der Waals surface area contributed by atoms with Crippen LogP contribution in [0.15, 0.2) is 42.5 Å². The van der Waals surface area contributed by atoms with E-state index in [1.165, 1.54) is 0 Å². The summed E-state index contributed by atoms with van der Waals surface area (Å²) >= 11 is 0. The molecule has 7 heteroatoms. The summed E-state index contributed by atoms with van der Waals surface area (Å²) in [6.45, 7) is 4.53. The molecule has 3 N–H and O–H groups in total. The number of para-hydroxylation sites is 1. The lowest BCUT2D eigenvalue weighted by atomic mass is 10.0. The van der Waals surface area contributed by atoms with Crippen LogP contribution in [0, 0.1) is 6.92 Å². The van der Waals surface area contributed by atoms with Crippen molar-refractivity contribution in [1.82, 2.24) is 20.7 Å². The maximum atomic E-state index is 12.5. The third-order valence-electron chi connectivity index (χ3n) is 4.37. The van der Waals surface area contributed by atoms with Gasteiger partial charge in [-0.15, -0.1) is 0 Å². The molecule has 1 amide bonds. The van der Waals surface area contributed by atoms with Crippen molar-refractivity contribution in [2.24, 2.45) is 0 Å². The molecule has 2 heterocycles. The second-order valence-electron chi connectivity index (χ2n) is 6.06. The lowest BCUT2D eigenvalue weighted by Gasteiger charge is -2.28. The highest BCUT2D eigenvalue weighted by molar-refractivity contribution is 6.02. The minimum Gasteiger partial charge on any atom is -0.494 e. The highest BCUT2D eigenvalue weighted by atomic mass is 16.5. The first kappa shape index (κ1) is 16.1. The van der Waals surface area contributed by atoms with Gasteiger partial charge in [-0.3, -0.25) is 4.79 Å². The van der Waals surface area contributed by atoms with Gasteiger partial charge in [0, 0.05) is 5.56 Å². The van der Waals surface area contributed by atoms with E-state index in [2.05, 4.69) is 26.0 Å². The number of rotatable bonds is 4. The molecule has 4 rings (SSSR count). The van der Waals surface area contributed by atoms with Crippen molar-refractivity contribution in [3.05, 3.63) is 59.3 Å². The number of aromatic nitrogens is 3. The van der Waals surface area contributed by atoms with E-state index in [4.69, 9.17) is 4.74 Å². The van der Waals surface area contributed by atoms with Gasteiger partial charge in [0.25, 0.3) is 5.91 Å². The summed E-state index contributed by atoms with van der Waals surface area (Å²) in [5.41, 5.74) is 4.67. The van der Waals surface area contributed by atoms with E-state index >= 15 is 0 Å². The van der Waals surface area contributed by atoms with Crippen molar-refractivity contribution < 1.29 is 9.53 Å². The molecule has 0 saturated heterocycles. The normalized spacial score (nSPS) is 15.8. The van der Waals surface area contributed by atoms with Gasteiger partial charge < -0.3 is 15.4 Å². The third kappa shape index (κ3) is 2.77. The molecule has 0 radical (unpaired) electrons. The quantitative estimate of drug-likeness (QED) is 0.673. The predicted octanol–water partition coefficient (Wildman–Crippen LogP) is 3.03. The number of aromatic amines is 1. The van der Waals surface area contributed by atoms with E-state index in [1.54, 1.807) is 6.07 Å². The predicted molar refractivity (Wildman–Crippen MR) is 98.0 cm³/mol. The van der Waals surface area contributed by atoms with Crippen LogP contribution in [0.2, 0.25) is 0 Å². The Morgan fingerprint density at radius 3 is 2.65 bits per heavy atom. The summed E-state index contributed by atoms with van der Waals surface area (Å²) in [7, 11) is 0. The minimum atomic E-state index is -0.462. The zero-order valence-electron chi connectivity index (χ0n) is 14.5. The first-order chi connectivity index (χ1) is 12.7. The van der Waals surface area contributed by atoms with E-state index in [-0.39, 0.29) is 5.91 Å². The average Bonchev–Trinajstić information content (AvgIpc) is 3.13. The molecule has 1 aliphatic rings. The molecule has 0 saturated carbocycles. The maximum absolute atomic E-state index is 12.5. The molecule has 0 bridgehead atoms. The first-order valence-corrected chi connectivity index (χ1v) is 8.48. The van der Waals surface area contributed by atoms with E-state index in [0.717, 1.165) is 22.6 Å². The lowest BCUT2D eigenvalue weighted by molar-refractivity contribution is 0.0935. The van der Waals surface area contributed by atoms with Crippen molar-refractivity contribution in [3.63, 3.8) is 0 Å². The van der Waals surface area contributed by atoms with Crippen molar-refractivity contribution in [2.45, 2.75) is 20.0 Å². The number of ether oxygens (including phenoxy) is 1. The molecule has 0 fully saturated rings. The monoisotopic (exact) mass is 349 g/mol. The third-order valence-corrected chi connectivity index (χ3v) is 4.37. The number of nitrogens with zero attached hydrogens (tertiary/aromatic N) is 2. The second-order valence-corrected chi connectivity index (χ2v) is 6.06. The van der Waals surface area contributed by atoms with Crippen LogP contribution in [0.5, 0.6) is 5.75 Å². The van der Waals surface area contributed by atoms with Crippen molar-refractivity contribution >= 4 is 11.6 Å². The molecule has 26 heavy (non-hydrogen) atoms. The highest BCUT2D eigenvalue weighted by Crippen LogP contribution is 2.32. The van der Waals surface area contributed by atoms with Gasteiger partial charge in [0.05, 0.1) is 17.9 Å². The van der Waals surface area contributed by atoms with E-state index < -0.39 is 6.17 Å². The number of H-pyrrole nitrogens is 1. The second kappa shape index (κ2) is 6.51. The summed E-state index contributed by atoms with van der Waals surface area (Å²) in [6.07, 6.45) is -0.462. The van der Waals surface area contributed by atoms with Crippen LogP contribution in [0.25, 0.3) is 11.3 Å². The van der Waals surface area contributed by atoms with Gasteiger partial charge in [0.15, 0.2) is 0 Å². The van der Waals surface area contributed by atoms with Gasteiger partial charge in [-0.05, 0) is 49.7 Å². The molecule has 1 aliphatic heterocycles. The van der Waals surface area contributed by atoms with Crippen molar-refractivity contribution in [2.75, 3.05) is 11.9 Å². The number of anilines is 1. The molecule has 1 aromatic heterocycles. The number of aryl methyl sites for hydroxylation is 1. The Hall–Kier alpha value is -3.35. The SMILES string of the molecule is CCOc1ccc(-c2n[nH]nc2[C@@H]2NC(=O)c3cccc(C)c3N2)cc1. The fourth-order valence-electron chi connectivity index (χ4n) is 3.10. The molecule has 7 nitrogen and oxygen atoms in total. The Kier molecular flexibility index (Phi) is 4.04. The zero-order chi connectivity index (χ0) is 18.1. The van der Waals surface area contributed by atoms with Gasteiger partial charge in [-0.25, -0.2) is 0 Å². The number of amides is 1.